The van der Waals surface area contributed by atoms with Crippen molar-refractivity contribution in [3.05, 3.63) is 16.9 Å². The van der Waals surface area contributed by atoms with Crippen molar-refractivity contribution in [2.75, 3.05) is 0 Å². The summed E-state index contributed by atoms with van der Waals surface area (Å²) in [6.07, 6.45) is 3.77. The van der Waals surface area contributed by atoms with Crippen LogP contribution in [0.15, 0.2) is 6.20 Å². The lowest BCUT2D eigenvalue weighted by atomic mass is 9.96. The molecule has 2 rings (SSSR count). The summed E-state index contributed by atoms with van der Waals surface area (Å²) < 4.78 is 1.78. The molecule has 1 unspecified atom stereocenters. The third-order valence-electron chi connectivity index (χ3n) is 2.95. The summed E-state index contributed by atoms with van der Waals surface area (Å²) in [5, 5.41) is 15.1. The first kappa shape index (κ1) is 9.99. The molecule has 0 amide bonds. The van der Waals surface area contributed by atoms with E-state index in [0.29, 0.717) is 10.9 Å². The minimum atomic E-state index is -0.816. The highest BCUT2D eigenvalue weighted by atomic mass is 35.5. The quantitative estimate of drug-likeness (QED) is 0.838. The zero-order valence-corrected chi connectivity index (χ0v) is 9.25. The van der Waals surface area contributed by atoms with Crippen LogP contribution in [-0.4, -0.2) is 14.9 Å². The van der Waals surface area contributed by atoms with E-state index in [1.807, 2.05) is 13.8 Å². The Morgan fingerprint density at radius 3 is 2.86 bits per heavy atom. The number of aliphatic hydroxyl groups is 1. The molecule has 0 radical (unpaired) electrons. The van der Waals surface area contributed by atoms with Crippen molar-refractivity contribution in [3.8, 4) is 0 Å². The third kappa shape index (κ3) is 1.44. The molecule has 4 heteroatoms. The molecule has 0 spiro atoms. The maximum atomic E-state index is 10.4. The monoisotopic (exact) mass is 214 g/mol. The minimum Gasteiger partial charge on any atom is -0.384 e. The van der Waals surface area contributed by atoms with Gasteiger partial charge < -0.3 is 5.11 Å². The predicted octanol–water partition coefficient (Wildman–Crippen LogP) is 2.17. The summed E-state index contributed by atoms with van der Waals surface area (Å²) >= 11 is 6.04. The van der Waals surface area contributed by atoms with Gasteiger partial charge in [0.25, 0.3) is 0 Å². The lowest BCUT2D eigenvalue weighted by Crippen LogP contribution is -2.28. The second-order valence-corrected chi connectivity index (χ2v) is 4.49. The number of halogens is 1. The molecule has 14 heavy (non-hydrogen) atoms. The van der Waals surface area contributed by atoms with Crippen LogP contribution in [0.1, 0.15) is 32.4 Å². The van der Waals surface area contributed by atoms with Gasteiger partial charge >= 0.3 is 0 Å². The summed E-state index contributed by atoms with van der Waals surface area (Å²) in [5.74, 6) is 0.349. The highest BCUT2D eigenvalue weighted by molar-refractivity contribution is 6.31. The van der Waals surface area contributed by atoms with Gasteiger partial charge in [-0.1, -0.05) is 11.6 Å². The van der Waals surface area contributed by atoms with E-state index in [1.165, 1.54) is 0 Å². The van der Waals surface area contributed by atoms with E-state index < -0.39 is 5.60 Å². The summed E-state index contributed by atoms with van der Waals surface area (Å²) in [6, 6.07) is 0. The molecule has 0 aromatic carbocycles. The molecule has 0 bridgehead atoms. The third-order valence-corrected chi connectivity index (χ3v) is 3.22. The van der Waals surface area contributed by atoms with Gasteiger partial charge in [-0.3, -0.25) is 4.68 Å². The maximum absolute atomic E-state index is 10.4. The fourth-order valence-corrected chi connectivity index (χ4v) is 2.28. The molecule has 3 nitrogen and oxygen atoms in total. The first-order chi connectivity index (χ1) is 6.57. The molecule has 1 saturated carbocycles. The number of nitrogens with zero attached hydrogens (tertiary/aromatic N) is 2. The Morgan fingerprint density at radius 1 is 1.71 bits per heavy atom. The second kappa shape index (κ2) is 3.24. The topological polar surface area (TPSA) is 38.0 Å². The van der Waals surface area contributed by atoms with E-state index in [2.05, 4.69) is 5.10 Å². The highest BCUT2D eigenvalue weighted by Gasteiger charge is 2.44. The fraction of sp³-hybridized carbons (Fsp3) is 0.700. The number of aromatic nitrogens is 2. The zero-order chi connectivity index (χ0) is 10.3. The molecular formula is C10H15ClN2O. The Hall–Kier alpha value is -0.540. The van der Waals surface area contributed by atoms with Crippen LogP contribution >= 0.6 is 11.6 Å². The molecular weight excluding hydrogens is 200 g/mol. The lowest BCUT2D eigenvalue weighted by Gasteiger charge is -2.24. The smallest absolute Gasteiger partial charge is 0.108 e. The second-order valence-electron chi connectivity index (χ2n) is 4.08. The van der Waals surface area contributed by atoms with Gasteiger partial charge in [0.1, 0.15) is 5.60 Å². The Morgan fingerprint density at radius 2 is 2.36 bits per heavy atom. The van der Waals surface area contributed by atoms with E-state index >= 15 is 0 Å². The normalized spacial score (nSPS) is 20.9. The highest BCUT2D eigenvalue weighted by Crippen LogP contribution is 2.47. The molecule has 1 fully saturated rings. The number of hydrogen-bond acceptors (Lipinski definition) is 2. The Labute approximate surface area is 88.7 Å². The predicted molar refractivity (Wildman–Crippen MR) is 55.2 cm³/mol. The van der Waals surface area contributed by atoms with Crippen molar-refractivity contribution in [1.29, 1.82) is 0 Å². The standard InChI is InChI=1S/C10H15ClN2O/c1-3-13-9(8(11)6-12-13)10(2,14)7-4-5-7/h6-7,14H,3-5H2,1-2H3. The van der Waals surface area contributed by atoms with Gasteiger partial charge in [-0.2, -0.15) is 5.10 Å². The van der Waals surface area contributed by atoms with E-state index in [0.717, 1.165) is 25.1 Å². The maximum Gasteiger partial charge on any atom is 0.108 e. The molecule has 1 atom stereocenters. The largest absolute Gasteiger partial charge is 0.384 e. The molecule has 0 saturated heterocycles. The van der Waals surface area contributed by atoms with Crippen LogP contribution in [0.3, 0.4) is 0 Å². The van der Waals surface area contributed by atoms with E-state index in [4.69, 9.17) is 11.6 Å². The van der Waals surface area contributed by atoms with Crippen molar-refractivity contribution < 1.29 is 5.11 Å². The summed E-state index contributed by atoms with van der Waals surface area (Å²) in [4.78, 5) is 0. The van der Waals surface area contributed by atoms with Crippen LogP contribution in [0, 0.1) is 5.92 Å². The number of hydrogen-bond donors (Lipinski definition) is 1. The molecule has 1 aromatic heterocycles. The van der Waals surface area contributed by atoms with Crippen molar-refractivity contribution in [3.63, 3.8) is 0 Å². The average Bonchev–Trinajstić information content (AvgIpc) is 2.90. The Kier molecular flexibility index (Phi) is 2.32. The van der Waals surface area contributed by atoms with Crippen molar-refractivity contribution in [1.82, 2.24) is 9.78 Å². The van der Waals surface area contributed by atoms with Crippen molar-refractivity contribution in [2.45, 2.75) is 38.8 Å². The van der Waals surface area contributed by atoms with Crippen molar-refractivity contribution in [2.24, 2.45) is 5.92 Å². The van der Waals surface area contributed by atoms with Gasteiger partial charge in [0.2, 0.25) is 0 Å². The van der Waals surface area contributed by atoms with Gasteiger partial charge in [0.05, 0.1) is 16.9 Å². The average molecular weight is 215 g/mol. The SMILES string of the molecule is CCn1ncc(Cl)c1C(C)(O)C1CC1. The van der Waals surface area contributed by atoms with Crippen LogP contribution in [-0.2, 0) is 12.1 Å². The van der Waals surface area contributed by atoms with Gasteiger partial charge in [-0.25, -0.2) is 0 Å². The molecule has 1 N–H and O–H groups in total. The Balaban J connectivity index is 2.42. The van der Waals surface area contributed by atoms with E-state index in [-0.39, 0.29) is 0 Å². The van der Waals surface area contributed by atoms with Crippen LogP contribution in [0.4, 0.5) is 0 Å². The molecule has 1 heterocycles. The number of aryl methyl sites for hydroxylation is 1. The molecule has 0 aliphatic heterocycles. The van der Waals surface area contributed by atoms with Crippen LogP contribution < -0.4 is 0 Å². The van der Waals surface area contributed by atoms with Gasteiger partial charge in [0.15, 0.2) is 0 Å². The first-order valence-corrected chi connectivity index (χ1v) is 5.39. The van der Waals surface area contributed by atoms with Crippen LogP contribution in [0.5, 0.6) is 0 Å². The zero-order valence-electron chi connectivity index (χ0n) is 8.50. The van der Waals surface area contributed by atoms with E-state index in [1.54, 1.807) is 10.9 Å². The molecule has 1 aromatic rings. The van der Waals surface area contributed by atoms with Gasteiger partial charge in [-0.05, 0) is 32.6 Å². The van der Waals surface area contributed by atoms with Crippen LogP contribution in [0.2, 0.25) is 5.02 Å². The lowest BCUT2D eigenvalue weighted by molar-refractivity contribution is 0.0241. The fourth-order valence-electron chi connectivity index (χ4n) is 1.94. The van der Waals surface area contributed by atoms with Crippen molar-refractivity contribution >= 4 is 11.6 Å². The van der Waals surface area contributed by atoms with E-state index in [9.17, 15) is 5.11 Å². The van der Waals surface area contributed by atoms with Crippen LogP contribution in [0.25, 0.3) is 0 Å². The number of rotatable bonds is 3. The Bertz CT molecular complexity index is 342. The summed E-state index contributed by atoms with van der Waals surface area (Å²) in [7, 11) is 0. The summed E-state index contributed by atoms with van der Waals surface area (Å²) in [6.45, 7) is 4.57. The molecule has 78 valence electrons. The summed E-state index contributed by atoms with van der Waals surface area (Å²) in [5.41, 5.74) is -0.0481. The minimum absolute atomic E-state index is 0.349. The molecule has 1 aliphatic carbocycles. The molecule has 1 aliphatic rings. The first-order valence-electron chi connectivity index (χ1n) is 5.01. The van der Waals surface area contributed by atoms with Gasteiger partial charge in [-0.15, -0.1) is 0 Å². The van der Waals surface area contributed by atoms with Gasteiger partial charge in [0, 0.05) is 6.54 Å².